The van der Waals surface area contributed by atoms with Crippen molar-refractivity contribution >= 4 is 24.0 Å². The molecule has 1 amide bonds. The molecule has 122 valence electrons. The minimum absolute atomic E-state index is 0. The Labute approximate surface area is 143 Å². The summed E-state index contributed by atoms with van der Waals surface area (Å²) in [6, 6.07) is 13.9. The molecular weight excluding hydrogens is 308 g/mol. The van der Waals surface area contributed by atoms with Gasteiger partial charge in [-0.1, -0.05) is 31.2 Å². The fraction of sp³-hybridized carbons (Fsp3) is 0.316. The third kappa shape index (κ3) is 3.67. The third-order valence-electron chi connectivity index (χ3n) is 4.43. The average molecular weight is 331 g/mol. The van der Waals surface area contributed by atoms with Crippen molar-refractivity contribution < 1.29 is 4.79 Å². The SMILES string of the molecule is CCc1ccccc1C(=O)NC1CCCc2cc(N)ccc21.Cl. The van der Waals surface area contributed by atoms with Crippen LogP contribution in [0.4, 0.5) is 5.69 Å². The highest BCUT2D eigenvalue weighted by atomic mass is 35.5. The van der Waals surface area contributed by atoms with E-state index in [4.69, 9.17) is 5.73 Å². The predicted octanol–water partition coefficient (Wildman–Crippen LogP) is 4.06. The largest absolute Gasteiger partial charge is 0.399 e. The van der Waals surface area contributed by atoms with Crippen molar-refractivity contribution in [3.05, 3.63) is 64.7 Å². The number of hydrogen-bond donors (Lipinski definition) is 2. The Kier molecular flexibility index (Phi) is 5.67. The smallest absolute Gasteiger partial charge is 0.252 e. The number of nitrogen functional groups attached to an aromatic ring is 1. The number of halogens is 1. The van der Waals surface area contributed by atoms with Crippen molar-refractivity contribution in [3.63, 3.8) is 0 Å². The standard InChI is InChI=1S/C19H22N2O.ClH/c1-2-13-6-3-4-8-17(13)19(22)21-18-9-5-7-14-12-15(20)10-11-16(14)18;/h3-4,6,8,10-12,18H,2,5,7,9,20H2,1H3,(H,21,22);1H. The first-order valence-corrected chi connectivity index (χ1v) is 7.96. The lowest BCUT2D eigenvalue weighted by Gasteiger charge is -2.27. The molecule has 4 heteroatoms. The van der Waals surface area contributed by atoms with E-state index >= 15 is 0 Å². The van der Waals surface area contributed by atoms with E-state index < -0.39 is 0 Å². The topological polar surface area (TPSA) is 55.1 Å². The number of anilines is 1. The number of hydrogen-bond acceptors (Lipinski definition) is 2. The van der Waals surface area contributed by atoms with Gasteiger partial charge in [-0.05, 0) is 60.6 Å². The number of nitrogens with one attached hydrogen (secondary N) is 1. The van der Waals surface area contributed by atoms with Crippen molar-refractivity contribution in [2.75, 3.05) is 5.73 Å². The Morgan fingerprint density at radius 2 is 2.04 bits per heavy atom. The van der Waals surface area contributed by atoms with Crippen molar-refractivity contribution in [2.24, 2.45) is 0 Å². The molecule has 3 nitrogen and oxygen atoms in total. The second kappa shape index (κ2) is 7.51. The maximum Gasteiger partial charge on any atom is 0.252 e. The van der Waals surface area contributed by atoms with E-state index in [0.29, 0.717) is 0 Å². The monoisotopic (exact) mass is 330 g/mol. The molecular formula is C19H23ClN2O. The molecule has 0 spiro atoms. The molecule has 0 saturated heterocycles. The fourth-order valence-electron chi connectivity index (χ4n) is 3.27. The van der Waals surface area contributed by atoms with E-state index in [0.717, 1.165) is 42.5 Å². The molecule has 23 heavy (non-hydrogen) atoms. The highest BCUT2D eigenvalue weighted by Gasteiger charge is 2.23. The highest BCUT2D eigenvalue weighted by Crippen LogP contribution is 2.31. The highest BCUT2D eigenvalue weighted by molar-refractivity contribution is 5.96. The summed E-state index contributed by atoms with van der Waals surface area (Å²) in [6.07, 6.45) is 3.97. The molecule has 1 aliphatic rings. The van der Waals surface area contributed by atoms with Crippen LogP contribution in [-0.4, -0.2) is 5.91 Å². The summed E-state index contributed by atoms with van der Waals surface area (Å²) in [5.74, 6) is 0.0205. The van der Waals surface area contributed by atoms with Crippen LogP contribution in [0.15, 0.2) is 42.5 Å². The van der Waals surface area contributed by atoms with Gasteiger partial charge in [-0.15, -0.1) is 12.4 Å². The summed E-state index contributed by atoms with van der Waals surface area (Å²) in [5.41, 5.74) is 11.0. The van der Waals surface area contributed by atoms with Crippen LogP contribution in [0, 0.1) is 0 Å². The Hall–Kier alpha value is -2.00. The molecule has 0 heterocycles. The number of rotatable bonds is 3. The van der Waals surface area contributed by atoms with Gasteiger partial charge in [0.1, 0.15) is 0 Å². The van der Waals surface area contributed by atoms with E-state index in [1.807, 2.05) is 36.4 Å². The molecule has 1 aliphatic carbocycles. The summed E-state index contributed by atoms with van der Waals surface area (Å²) in [4.78, 5) is 12.6. The Bertz CT molecular complexity index is 700. The molecule has 0 fully saturated rings. The molecule has 2 aromatic carbocycles. The number of benzene rings is 2. The lowest BCUT2D eigenvalue weighted by atomic mass is 9.87. The molecule has 1 unspecified atom stereocenters. The molecule has 1 atom stereocenters. The number of aryl methyl sites for hydroxylation is 2. The van der Waals surface area contributed by atoms with Crippen molar-refractivity contribution in [1.29, 1.82) is 0 Å². The Balaban J connectivity index is 0.00000192. The van der Waals surface area contributed by atoms with Gasteiger partial charge in [-0.3, -0.25) is 4.79 Å². The molecule has 0 bridgehead atoms. The van der Waals surface area contributed by atoms with E-state index in [9.17, 15) is 4.79 Å². The zero-order valence-electron chi connectivity index (χ0n) is 13.3. The lowest BCUT2D eigenvalue weighted by Crippen LogP contribution is -2.31. The van der Waals surface area contributed by atoms with E-state index in [1.165, 1.54) is 11.1 Å². The van der Waals surface area contributed by atoms with Gasteiger partial charge in [0.05, 0.1) is 6.04 Å². The van der Waals surface area contributed by atoms with Crippen LogP contribution in [0.1, 0.15) is 52.9 Å². The lowest BCUT2D eigenvalue weighted by molar-refractivity contribution is 0.0932. The summed E-state index contributed by atoms with van der Waals surface area (Å²) in [6.45, 7) is 2.07. The summed E-state index contributed by atoms with van der Waals surface area (Å²) < 4.78 is 0. The van der Waals surface area contributed by atoms with Crippen LogP contribution < -0.4 is 11.1 Å². The van der Waals surface area contributed by atoms with Crippen molar-refractivity contribution in [2.45, 2.75) is 38.6 Å². The van der Waals surface area contributed by atoms with E-state index in [2.05, 4.69) is 18.3 Å². The Morgan fingerprint density at radius 1 is 1.26 bits per heavy atom. The maximum atomic E-state index is 12.6. The molecule has 0 aliphatic heterocycles. The van der Waals surface area contributed by atoms with Gasteiger partial charge in [0.2, 0.25) is 0 Å². The van der Waals surface area contributed by atoms with Crippen LogP contribution in [0.5, 0.6) is 0 Å². The first kappa shape index (κ1) is 17.4. The second-order valence-electron chi connectivity index (χ2n) is 5.89. The quantitative estimate of drug-likeness (QED) is 0.834. The van der Waals surface area contributed by atoms with E-state index in [-0.39, 0.29) is 24.4 Å². The Morgan fingerprint density at radius 3 is 2.83 bits per heavy atom. The van der Waals surface area contributed by atoms with Crippen LogP contribution in [0.2, 0.25) is 0 Å². The second-order valence-corrected chi connectivity index (χ2v) is 5.89. The van der Waals surface area contributed by atoms with Crippen molar-refractivity contribution in [1.82, 2.24) is 5.32 Å². The van der Waals surface area contributed by atoms with Gasteiger partial charge >= 0.3 is 0 Å². The van der Waals surface area contributed by atoms with Crippen LogP contribution in [0.25, 0.3) is 0 Å². The summed E-state index contributed by atoms with van der Waals surface area (Å²) in [7, 11) is 0. The first-order chi connectivity index (χ1) is 10.7. The third-order valence-corrected chi connectivity index (χ3v) is 4.43. The van der Waals surface area contributed by atoms with Crippen molar-refractivity contribution in [3.8, 4) is 0 Å². The summed E-state index contributed by atoms with van der Waals surface area (Å²) >= 11 is 0. The van der Waals surface area contributed by atoms with Crippen LogP contribution in [0.3, 0.4) is 0 Å². The van der Waals surface area contributed by atoms with Gasteiger partial charge in [-0.25, -0.2) is 0 Å². The molecule has 3 N–H and O–H groups in total. The number of nitrogens with two attached hydrogens (primary N) is 1. The molecule has 3 rings (SSSR count). The van der Waals surface area contributed by atoms with Gasteiger partial charge in [0, 0.05) is 11.3 Å². The molecule has 0 radical (unpaired) electrons. The maximum absolute atomic E-state index is 12.6. The number of carbonyl (C=O) groups excluding carboxylic acids is 1. The van der Waals surface area contributed by atoms with E-state index in [1.54, 1.807) is 0 Å². The fourth-order valence-corrected chi connectivity index (χ4v) is 3.27. The predicted molar refractivity (Wildman–Crippen MR) is 97.1 cm³/mol. The molecule has 0 saturated carbocycles. The molecule has 2 aromatic rings. The zero-order valence-corrected chi connectivity index (χ0v) is 14.2. The van der Waals surface area contributed by atoms with Gasteiger partial charge in [0.25, 0.3) is 5.91 Å². The zero-order chi connectivity index (χ0) is 15.5. The number of amides is 1. The van der Waals surface area contributed by atoms with Gasteiger partial charge in [0.15, 0.2) is 0 Å². The minimum Gasteiger partial charge on any atom is -0.399 e. The van der Waals surface area contributed by atoms with Crippen LogP contribution >= 0.6 is 12.4 Å². The normalized spacial score (nSPS) is 16.1. The molecule has 0 aromatic heterocycles. The van der Waals surface area contributed by atoms with Gasteiger partial charge in [-0.2, -0.15) is 0 Å². The first-order valence-electron chi connectivity index (χ1n) is 7.96. The number of fused-ring (bicyclic) bond motifs is 1. The van der Waals surface area contributed by atoms with Crippen LogP contribution in [-0.2, 0) is 12.8 Å². The number of carbonyl (C=O) groups is 1. The minimum atomic E-state index is 0. The van der Waals surface area contributed by atoms with Gasteiger partial charge < -0.3 is 11.1 Å². The average Bonchev–Trinajstić information content (AvgIpc) is 2.54. The summed E-state index contributed by atoms with van der Waals surface area (Å²) in [5, 5.41) is 3.21.